The molecular weight excluding hydrogens is 156 g/mol. The Labute approximate surface area is 72.8 Å². The lowest BCUT2D eigenvalue weighted by atomic mass is 9.96. The summed E-state index contributed by atoms with van der Waals surface area (Å²) in [7, 11) is 0. The van der Waals surface area contributed by atoms with E-state index in [0.29, 0.717) is 12.3 Å². The summed E-state index contributed by atoms with van der Waals surface area (Å²) in [5, 5.41) is 16.9. The van der Waals surface area contributed by atoms with E-state index < -0.39 is 5.97 Å². The molecule has 0 unspecified atom stereocenters. The molecule has 0 rings (SSSR count). The molecule has 0 aliphatic rings. The van der Waals surface area contributed by atoms with Crippen molar-refractivity contribution in [2.24, 2.45) is 11.8 Å². The molecule has 0 aliphatic heterocycles. The van der Waals surface area contributed by atoms with Crippen molar-refractivity contribution in [1.82, 2.24) is 6.15 Å². The molecule has 1 atom stereocenters. The van der Waals surface area contributed by atoms with Crippen LogP contribution in [0.2, 0.25) is 0 Å². The van der Waals surface area contributed by atoms with Gasteiger partial charge in [0.05, 0.1) is 18.4 Å². The van der Waals surface area contributed by atoms with Gasteiger partial charge in [0, 0.05) is 0 Å². The molecule has 0 bridgehead atoms. The SMILES string of the molecule is CC(C)C[C@H](C#N)CC(=O)O.N. The molecule has 0 saturated carbocycles. The molecule has 4 heteroatoms. The van der Waals surface area contributed by atoms with Crippen LogP contribution in [-0.2, 0) is 4.79 Å². The molecule has 0 heterocycles. The van der Waals surface area contributed by atoms with Gasteiger partial charge in [-0.3, -0.25) is 4.79 Å². The van der Waals surface area contributed by atoms with E-state index in [1.54, 1.807) is 0 Å². The van der Waals surface area contributed by atoms with Crippen LogP contribution in [0.4, 0.5) is 0 Å². The van der Waals surface area contributed by atoms with Crippen LogP contribution in [0.3, 0.4) is 0 Å². The van der Waals surface area contributed by atoms with Gasteiger partial charge in [-0.15, -0.1) is 0 Å². The van der Waals surface area contributed by atoms with E-state index in [-0.39, 0.29) is 18.5 Å². The van der Waals surface area contributed by atoms with Crippen molar-refractivity contribution in [3.8, 4) is 6.07 Å². The first-order valence-electron chi connectivity index (χ1n) is 3.67. The number of rotatable bonds is 4. The lowest BCUT2D eigenvalue weighted by Crippen LogP contribution is -2.08. The molecular formula is C8H16N2O2. The molecule has 0 radical (unpaired) electrons. The molecule has 12 heavy (non-hydrogen) atoms. The standard InChI is InChI=1S/C8H13NO2.H3N/c1-6(2)3-7(5-9)4-8(10)11;/h6-7H,3-4H2,1-2H3,(H,10,11);1H3/t7-;/m0./s1. The Morgan fingerprint density at radius 2 is 2.08 bits per heavy atom. The third-order valence-electron chi connectivity index (χ3n) is 1.36. The highest BCUT2D eigenvalue weighted by atomic mass is 16.4. The van der Waals surface area contributed by atoms with Crippen molar-refractivity contribution in [2.75, 3.05) is 0 Å². The summed E-state index contributed by atoms with van der Waals surface area (Å²) >= 11 is 0. The van der Waals surface area contributed by atoms with Crippen molar-refractivity contribution >= 4 is 5.97 Å². The summed E-state index contributed by atoms with van der Waals surface area (Å²) in [5.74, 6) is -0.830. The van der Waals surface area contributed by atoms with Gasteiger partial charge >= 0.3 is 5.97 Å². The highest BCUT2D eigenvalue weighted by Gasteiger charge is 2.13. The second kappa shape index (κ2) is 6.62. The van der Waals surface area contributed by atoms with E-state index in [1.807, 2.05) is 19.9 Å². The Morgan fingerprint density at radius 1 is 1.58 bits per heavy atom. The second-order valence-electron chi connectivity index (χ2n) is 3.05. The minimum atomic E-state index is -0.891. The average Bonchev–Trinajstić information content (AvgIpc) is 1.84. The Hall–Kier alpha value is -1.08. The molecule has 0 saturated heterocycles. The van der Waals surface area contributed by atoms with Crippen LogP contribution in [0.1, 0.15) is 26.7 Å². The van der Waals surface area contributed by atoms with Gasteiger partial charge < -0.3 is 11.3 Å². The maximum Gasteiger partial charge on any atom is 0.304 e. The maximum absolute atomic E-state index is 10.2. The van der Waals surface area contributed by atoms with E-state index in [4.69, 9.17) is 10.4 Å². The summed E-state index contributed by atoms with van der Waals surface area (Å²) in [5.41, 5.74) is 0. The average molecular weight is 172 g/mol. The third-order valence-corrected chi connectivity index (χ3v) is 1.36. The number of carbonyl (C=O) groups is 1. The van der Waals surface area contributed by atoms with Gasteiger partial charge in [-0.2, -0.15) is 5.26 Å². The van der Waals surface area contributed by atoms with Crippen molar-refractivity contribution in [1.29, 1.82) is 5.26 Å². The van der Waals surface area contributed by atoms with Crippen LogP contribution in [0.5, 0.6) is 0 Å². The third kappa shape index (κ3) is 7.03. The zero-order valence-corrected chi connectivity index (χ0v) is 7.58. The lowest BCUT2D eigenvalue weighted by Gasteiger charge is -2.07. The summed E-state index contributed by atoms with van der Waals surface area (Å²) in [6, 6.07) is 1.98. The smallest absolute Gasteiger partial charge is 0.304 e. The Kier molecular flexibility index (Phi) is 7.45. The van der Waals surface area contributed by atoms with Crippen molar-refractivity contribution < 1.29 is 9.90 Å². The topological polar surface area (TPSA) is 96.1 Å². The highest BCUT2D eigenvalue weighted by Crippen LogP contribution is 2.13. The fourth-order valence-corrected chi connectivity index (χ4v) is 0.962. The summed E-state index contributed by atoms with van der Waals surface area (Å²) in [4.78, 5) is 10.2. The van der Waals surface area contributed by atoms with E-state index in [0.717, 1.165) is 0 Å². The van der Waals surface area contributed by atoms with Gasteiger partial charge in [-0.1, -0.05) is 13.8 Å². The maximum atomic E-state index is 10.2. The summed E-state index contributed by atoms with van der Waals surface area (Å²) in [6.45, 7) is 3.96. The molecule has 0 aromatic carbocycles. The first-order chi connectivity index (χ1) is 5.06. The van der Waals surface area contributed by atoms with Gasteiger partial charge in [-0.05, 0) is 12.3 Å². The summed E-state index contributed by atoms with van der Waals surface area (Å²) < 4.78 is 0. The molecule has 0 aromatic rings. The lowest BCUT2D eigenvalue weighted by molar-refractivity contribution is -0.137. The zero-order chi connectivity index (χ0) is 8.85. The minimum Gasteiger partial charge on any atom is -0.481 e. The molecule has 4 nitrogen and oxygen atoms in total. The van der Waals surface area contributed by atoms with Crippen molar-refractivity contribution in [2.45, 2.75) is 26.7 Å². The first kappa shape index (κ1) is 13.5. The van der Waals surface area contributed by atoms with Crippen LogP contribution in [0.15, 0.2) is 0 Å². The Morgan fingerprint density at radius 3 is 2.33 bits per heavy atom. The van der Waals surface area contributed by atoms with Gasteiger partial charge in [0.25, 0.3) is 0 Å². The monoisotopic (exact) mass is 172 g/mol. The van der Waals surface area contributed by atoms with Crippen molar-refractivity contribution in [3.63, 3.8) is 0 Å². The Bertz CT molecular complexity index is 172. The molecule has 70 valence electrons. The number of carboxylic acids is 1. The number of hydrogen-bond acceptors (Lipinski definition) is 3. The number of hydrogen-bond donors (Lipinski definition) is 2. The number of carboxylic acid groups (broad SMARTS) is 1. The van der Waals surface area contributed by atoms with Crippen LogP contribution in [-0.4, -0.2) is 11.1 Å². The molecule has 4 N–H and O–H groups in total. The van der Waals surface area contributed by atoms with Crippen LogP contribution < -0.4 is 6.15 Å². The highest BCUT2D eigenvalue weighted by molar-refractivity contribution is 5.67. The first-order valence-corrected chi connectivity index (χ1v) is 3.67. The van der Waals surface area contributed by atoms with Crippen molar-refractivity contribution in [3.05, 3.63) is 0 Å². The van der Waals surface area contributed by atoms with Crippen LogP contribution >= 0.6 is 0 Å². The molecule has 0 aromatic heterocycles. The number of nitriles is 1. The minimum absolute atomic E-state index is 0. The molecule has 0 amide bonds. The van der Waals surface area contributed by atoms with Gasteiger partial charge in [0.2, 0.25) is 0 Å². The second-order valence-corrected chi connectivity index (χ2v) is 3.05. The molecule has 0 fully saturated rings. The largest absolute Gasteiger partial charge is 0.481 e. The van der Waals surface area contributed by atoms with Gasteiger partial charge in [-0.25, -0.2) is 0 Å². The zero-order valence-electron chi connectivity index (χ0n) is 7.58. The number of aliphatic carboxylic acids is 1. The molecule has 0 aliphatic carbocycles. The van der Waals surface area contributed by atoms with E-state index in [2.05, 4.69) is 0 Å². The van der Waals surface area contributed by atoms with Crippen LogP contribution in [0.25, 0.3) is 0 Å². The van der Waals surface area contributed by atoms with Gasteiger partial charge in [0.15, 0.2) is 0 Å². The van der Waals surface area contributed by atoms with E-state index in [9.17, 15) is 4.79 Å². The van der Waals surface area contributed by atoms with E-state index in [1.165, 1.54) is 0 Å². The van der Waals surface area contributed by atoms with Crippen LogP contribution in [0, 0.1) is 23.2 Å². The quantitative estimate of drug-likeness (QED) is 0.675. The number of nitrogens with zero attached hydrogens (tertiary/aromatic N) is 1. The molecule has 0 spiro atoms. The van der Waals surface area contributed by atoms with E-state index >= 15 is 0 Å². The normalized spacial score (nSPS) is 11.5. The fourth-order valence-electron chi connectivity index (χ4n) is 0.962. The predicted octanol–water partition coefficient (Wildman–Crippen LogP) is 1.81. The summed E-state index contributed by atoms with van der Waals surface area (Å²) in [6.07, 6.45) is 0.636. The fraction of sp³-hybridized carbons (Fsp3) is 0.750. The Balaban J connectivity index is 0. The predicted molar refractivity (Wildman–Crippen MR) is 45.8 cm³/mol. The van der Waals surface area contributed by atoms with Gasteiger partial charge in [0.1, 0.15) is 0 Å².